The van der Waals surface area contributed by atoms with Crippen LogP contribution in [0.1, 0.15) is 31.9 Å². The van der Waals surface area contributed by atoms with E-state index in [9.17, 15) is 9.59 Å². The summed E-state index contributed by atoms with van der Waals surface area (Å²) in [5.74, 6) is -1.63. The first-order valence-electron chi connectivity index (χ1n) is 10.5. The molecule has 6 heteroatoms. The van der Waals surface area contributed by atoms with Crippen LogP contribution in [0.2, 0.25) is 5.02 Å². The number of esters is 2. The lowest BCUT2D eigenvalue weighted by Gasteiger charge is -2.30. The van der Waals surface area contributed by atoms with Crippen molar-refractivity contribution in [3.63, 3.8) is 0 Å². The number of allylic oxidation sites excluding steroid dienone is 2. The van der Waals surface area contributed by atoms with Crippen molar-refractivity contribution in [1.29, 1.82) is 0 Å². The average Bonchev–Trinajstić information content (AvgIpc) is 2.78. The summed E-state index contributed by atoms with van der Waals surface area (Å²) in [7, 11) is 0. The zero-order valence-electron chi connectivity index (χ0n) is 18.4. The fourth-order valence-corrected chi connectivity index (χ4v) is 3.72. The zero-order chi connectivity index (χ0) is 23.1. The number of dihydropyridines is 1. The summed E-state index contributed by atoms with van der Waals surface area (Å²) in [6.07, 6.45) is 3.73. The van der Waals surface area contributed by atoms with Gasteiger partial charge in [0.1, 0.15) is 0 Å². The van der Waals surface area contributed by atoms with Gasteiger partial charge in [0.05, 0.1) is 30.1 Å². The minimum absolute atomic E-state index is 0.211. The zero-order valence-corrected chi connectivity index (χ0v) is 19.1. The maximum Gasteiger partial charge on any atom is 0.337 e. The molecule has 1 unspecified atom stereocenters. The van der Waals surface area contributed by atoms with Gasteiger partial charge in [0.2, 0.25) is 0 Å². The van der Waals surface area contributed by atoms with Gasteiger partial charge in [0.25, 0.3) is 0 Å². The van der Waals surface area contributed by atoms with Gasteiger partial charge >= 0.3 is 11.9 Å². The van der Waals surface area contributed by atoms with Crippen molar-refractivity contribution >= 4 is 35.3 Å². The summed E-state index contributed by atoms with van der Waals surface area (Å²) < 4.78 is 10.7. The molecule has 0 aromatic heterocycles. The minimum atomic E-state index is -0.653. The number of nitrogens with one attached hydrogen (secondary N) is 1. The lowest BCUT2D eigenvalue weighted by Crippen LogP contribution is -2.33. The van der Waals surface area contributed by atoms with Crippen LogP contribution in [-0.2, 0) is 19.1 Å². The van der Waals surface area contributed by atoms with E-state index in [0.717, 1.165) is 11.1 Å². The first-order chi connectivity index (χ1) is 15.5. The summed E-state index contributed by atoms with van der Waals surface area (Å²) in [6.45, 7) is 5.74. The number of rotatable bonds is 7. The Kier molecular flexibility index (Phi) is 7.90. The fourth-order valence-electron chi connectivity index (χ4n) is 3.59. The summed E-state index contributed by atoms with van der Waals surface area (Å²) in [6, 6.07) is 16.8. The SMILES string of the molecule is CCOC(=O)C1=C(C)NC(c2ccc(Cl)cc2)=C(C(=O)OCC)C1/C=C/c1ccccc1. The Bertz CT molecular complexity index is 1070. The van der Waals surface area contributed by atoms with Crippen molar-refractivity contribution in [3.8, 4) is 0 Å². The van der Waals surface area contributed by atoms with E-state index in [1.54, 1.807) is 32.9 Å². The molecule has 2 aromatic rings. The van der Waals surface area contributed by atoms with E-state index < -0.39 is 17.9 Å². The highest BCUT2D eigenvalue weighted by Gasteiger charge is 2.36. The maximum atomic E-state index is 13.1. The lowest BCUT2D eigenvalue weighted by molar-refractivity contribution is -0.139. The van der Waals surface area contributed by atoms with Crippen LogP contribution in [-0.4, -0.2) is 25.2 Å². The maximum absolute atomic E-state index is 13.1. The normalized spacial score (nSPS) is 16.2. The molecule has 0 fully saturated rings. The van der Waals surface area contributed by atoms with E-state index in [1.165, 1.54) is 0 Å². The molecule has 0 amide bonds. The van der Waals surface area contributed by atoms with Crippen molar-refractivity contribution in [2.75, 3.05) is 13.2 Å². The Morgan fingerprint density at radius 3 is 2.12 bits per heavy atom. The molecule has 0 saturated heterocycles. The highest BCUT2D eigenvalue weighted by molar-refractivity contribution is 6.30. The van der Waals surface area contributed by atoms with Gasteiger partial charge in [-0.15, -0.1) is 0 Å². The molecule has 1 N–H and O–H groups in total. The molecule has 5 nitrogen and oxygen atoms in total. The third-order valence-corrected chi connectivity index (χ3v) is 5.26. The summed E-state index contributed by atoms with van der Waals surface area (Å²) in [4.78, 5) is 26.0. The number of hydrogen-bond acceptors (Lipinski definition) is 5. The number of hydrogen-bond donors (Lipinski definition) is 1. The van der Waals surface area contributed by atoms with Crippen LogP contribution in [0.15, 0.2) is 77.5 Å². The highest BCUT2D eigenvalue weighted by atomic mass is 35.5. The molecule has 2 aromatic carbocycles. The molecule has 1 atom stereocenters. The van der Waals surface area contributed by atoms with E-state index in [-0.39, 0.29) is 13.2 Å². The monoisotopic (exact) mass is 451 g/mol. The van der Waals surface area contributed by atoms with Crippen LogP contribution in [0.5, 0.6) is 0 Å². The van der Waals surface area contributed by atoms with Crippen molar-refractivity contribution in [2.24, 2.45) is 5.92 Å². The number of ether oxygens (including phenoxy) is 2. The van der Waals surface area contributed by atoms with Crippen molar-refractivity contribution in [1.82, 2.24) is 5.32 Å². The lowest BCUT2D eigenvalue weighted by atomic mass is 9.83. The predicted octanol–water partition coefficient (Wildman–Crippen LogP) is 5.38. The predicted molar refractivity (Wildman–Crippen MR) is 126 cm³/mol. The molecular formula is C26H26ClNO4. The van der Waals surface area contributed by atoms with Crippen LogP contribution in [0, 0.1) is 5.92 Å². The third-order valence-electron chi connectivity index (χ3n) is 5.01. The van der Waals surface area contributed by atoms with Gasteiger partial charge in [-0.1, -0.05) is 66.2 Å². The van der Waals surface area contributed by atoms with Crippen LogP contribution in [0.25, 0.3) is 11.8 Å². The second-order valence-corrected chi connectivity index (χ2v) is 7.58. The molecule has 1 aliphatic rings. The van der Waals surface area contributed by atoms with Crippen LogP contribution >= 0.6 is 11.6 Å². The van der Waals surface area contributed by atoms with Crippen LogP contribution in [0.3, 0.4) is 0 Å². The number of benzene rings is 2. The van der Waals surface area contributed by atoms with Gasteiger partial charge in [0.15, 0.2) is 0 Å². The number of carbonyl (C=O) groups excluding carboxylic acids is 2. The van der Waals surface area contributed by atoms with Crippen LogP contribution < -0.4 is 5.32 Å². The Labute approximate surface area is 193 Å². The molecule has 0 bridgehead atoms. The van der Waals surface area contributed by atoms with E-state index in [0.29, 0.717) is 27.6 Å². The molecule has 1 aliphatic heterocycles. The Morgan fingerprint density at radius 1 is 0.938 bits per heavy atom. The van der Waals surface area contributed by atoms with Gasteiger partial charge in [-0.05, 0) is 44.0 Å². The van der Waals surface area contributed by atoms with Gasteiger partial charge in [-0.25, -0.2) is 9.59 Å². The molecule has 166 valence electrons. The molecule has 0 saturated carbocycles. The topological polar surface area (TPSA) is 64.6 Å². The molecule has 0 aliphatic carbocycles. The van der Waals surface area contributed by atoms with E-state index >= 15 is 0 Å². The van der Waals surface area contributed by atoms with Gasteiger partial charge in [-0.3, -0.25) is 0 Å². The average molecular weight is 452 g/mol. The third kappa shape index (κ3) is 5.29. The summed E-state index contributed by atoms with van der Waals surface area (Å²) in [5.41, 5.74) is 3.62. The standard InChI is InChI=1S/C26H26ClNO4/c1-4-31-25(29)22-17(3)28-24(19-12-14-20(27)15-13-19)23(26(30)32-5-2)21(22)16-11-18-9-7-6-8-10-18/h6-16,21,28H,4-5H2,1-3H3/b16-11+. The molecule has 0 spiro atoms. The minimum Gasteiger partial charge on any atom is -0.463 e. The summed E-state index contributed by atoms with van der Waals surface area (Å²) >= 11 is 6.06. The van der Waals surface area contributed by atoms with Crippen molar-refractivity contribution in [2.45, 2.75) is 20.8 Å². The van der Waals surface area contributed by atoms with Gasteiger partial charge in [-0.2, -0.15) is 0 Å². The second-order valence-electron chi connectivity index (χ2n) is 7.15. The fraction of sp³-hybridized carbons (Fsp3) is 0.231. The van der Waals surface area contributed by atoms with Crippen molar-refractivity contribution in [3.05, 3.63) is 93.7 Å². The largest absolute Gasteiger partial charge is 0.463 e. The Balaban J connectivity index is 2.19. The van der Waals surface area contributed by atoms with E-state index in [1.807, 2.05) is 54.6 Å². The van der Waals surface area contributed by atoms with Gasteiger partial charge in [0, 0.05) is 16.6 Å². The highest BCUT2D eigenvalue weighted by Crippen LogP contribution is 2.37. The molecular weight excluding hydrogens is 426 g/mol. The smallest absolute Gasteiger partial charge is 0.337 e. The van der Waals surface area contributed by atoms with E-state index in [2.05, 4.69) is 5.32 Å². The number of carbonyl (C=O) groups is 2. The van der Waals surface area contributed by atoms with Crippen molar-refractivity contribution < 1.29 is 19.1 Å². The molecule has 0 radical (unpaired) electrons. The second kappa shape index (κ2) is 10.8. The summed E-state index contributed by atoms with van der Waals surface area (Å²) in [5, 5.41) is 3.83. The Hall–Kier alpha value is -3.31. The first kappa shape index (κ1) is 23.4. The molecule has 32 heavy (non-hydrogen) atoms. The quantitative estimate of drug-likeness (QED) is 0.572. The van der Waals surface area contributed by atoms with Gasteiger partial charge < -0.3 is 14.8 Å². The van der Waals surface area contributed by atoms with Crippen LogP contribution in [0.4, 0.5) is 0 Å². The Morgan fingerprint density at radius 2 is 1.53 bits per heavy atom. The molecule has 3 rings (SSSR count). The number of halogens is 1. The molecule has 1 heterocycles. The first-order valence-corrected chi connectivity index (χ1v) is 10.9. The van der Waals surface area contributed by atoms with E-state index in [4.69, 9.17) is 21.1 Å².